The van der Waals surface area contributed by atoms with Gasteiger partial charge < -0.3 is 15.5 Å². The van der Waals surface area contributed by atoms with E-state index in [1.165, 1.54) is 18.3 Å². The molecule has 0 fully saturated rings. The Morgan fingerprint density at radius 2 is 1.96 bits per heavy atom. The Morgan fingerprint density at radius 3 is 2.48 bits per heavy atom. The van der Waals surface area contributed by atoms with Crippen LogP contribution in [0.2, 0.25) is 0 Å². The predicted octanol–water partition coefficient (Wildman–Crippen LogP) is 4.17. The van der Waals surface area contributed by atoms with Gasteiger partial charge in [-0.15, -0.1) is 0 Å². The van der Waals surface area contributed by atoms with E-state index in [9.17, 15) is 22.8 Å². The number of hydrogen-bond acceptors (Lipinski definition) is 5. The average Bonchev–Trinajstić information content (AvgIpc) is 3.04. The molecule has 1 aliphatic heterocycles. The summed E-state index contributed by atoms with van der Waals surface area (Å²) in [5, 5.41) is 11.5. The number of dihydropyridines is 1. The molecular weight excluding hydrogens is 366 g/mol. The molecule has 140 valence electrons. The lowest BCUT2D eigenvalue weighted by atomic mass is 9.88. The van der Waals surface area contributed by atoms with Crippen LogP contribution in [0.25, 0.3) is 15.8 Å². The number of nitriles is 1. The number of nitrogen functional groups attached to an aromatic ring is 1. The van der Waals surface area contributed by atoms with E-state index in [0.29, 0.717) is 5.39 Å². The summed E-state index contributed by atoms with van der Waals surface area (Å²) in [6, 6.07) is 4.32. The van der Waals surface area contributed by atoms with E-state index >= 15 is 0 Å². The number of hydrogen-bond donors (Lipinski definition) is 2. The molecule has 3 rings (SSSR count). The molecule has 0 radical (unpaired) electrons. The molecule has 0 amide bonds. The topological polar surface area (TPSA) is 92.2 Å². The number of halogens is 4. The Bertz CT molecular complexity index is 984. The minimum absolute atomic E-state index is 0. The summed E-state index contributed by atoms with van der Waals surface area (Å²) in [6.45, 7) is 7.21. The average molecular weight is 379 g/mol. The van der Waals surface area contributed by atoms with Gasteiger partial charge >= 0.3 is 0 Å². The van der Waals surface area contributed by atoms with Gasteiger partial charge in [0, 0.05) is 6.20 Å². The SMILES string of the molecule is C.[C-]#[N+]C1=C(C(F)F)NC(C(F)F)=C(C#N)C1c1cc2c(N)nccc2o1. The van der Waals surface area contributed by atoms with Gasteiger partial charge in [-0.2, -0.15) is 5.26 Å². The summed E-state index contributed by atoms with van der Waals surface area (Å²) >= 11 is 0. The number of nitrogens with zero attached hydrogens (tertiary/aromatic N) is 3. The van der Waals surface area contributed by atoms with Gasteiger partial charge in [0.1, 0.15) is 17.2 Å². The van der Waals surface area contributed by atoms with E-state index < -0.39 is 41.4 Å². The molecule has 0 spiro atoms. The molecule has 3 N–H and O–H groups in total. The molecule has 2 aromatic heterocycles. The second-order valence-corrected chi connectivity index (χ2v) is 5.27. The smallest absolute Gasteiger partial charge is 0.279 e. The number of allylic oxidation sites excluding steroid dienone is 3. The monoisotopic (exact) mass is 379 g/mol. The number of pyridine rings is 1. The Labute approximate surface area is 151 Å². The number of furan rings is 1. The molecule has 1 atom stereocenters. The number of anilines is 1. The highest BCUT2D eigenvalue weighted by molar-refractivity contribution is 5.87. The summed E-state index contributed by atoms with van der Waals surface area (Å²) in [7, 11) is 0. The van der Waals surface area contributed by atoms with Gasteiger partial charge in [0.05, 0.1) is 40.9 Å². The van der Waals surface area contributed by atoms with Crippen molar-refractivity contribution >= 4 is 16.8 Å². The fraction of sp³-hybridized carbons (Fsp3) is 0.235. The highest BCUT2D eigenvalue weighted by Crippen LogP contribution is 2.43. The van der Waals surface area contributed by atoms with Crippen molar-refractivity contribution in [2.45, 2.75) is 26.2 Å². The zero-order chi connectivity index (χ0) is 19.0. The maximum atomic E-state index is 13.3. The number of nitrogens with two attached hydrogens (primary N) is 1. The molecule has 3 heterocycles. The van der Waals surface area contributed by atoms with Crippen molar-refractivity contribution in [2.24, 2.45) is 0 Å². The van der Waals surface area contributed by atoms with Crippen molar-refractivity contribution in [2.75, 3.05) is 5.73 Å². The van der Waals surface area contributed by atoms with Crippen molar-refractivity contribution < 1.29 is 22.0 Å². The van der Waals surface area contributed by atoms with Crippen LogP contribution >= 0.6 is 0 Å². The third kappa shape index (κ3) is 3.17. The molecule has 0 aromatic carbocycles. The first-order chi connectivity index (χ1) is 12.4. The summed E-state index contributed by atoms with van der Waals surface area (Å²) in [5.74, 6) is -1.55. The van der Waals surface area contributed by atoms with Crippen LogP contribution < -0.4 is 11.1 Å². The molecular formula is C17H13F4N5O. The second-order valence-electron chi connectivity index (χ2n) is 5.27. The van der Waals surface area contributed by atoms with Crippen molar-refractivity contribution in [3.63, 3.8) is 0 Å². The highest BCUT2D eigenvalue weighted by atomic mass is 19.3. The fourth-order valence-corrected chi connectivity index (χ4v) is 2.74. The van der Waals surface area contributed by atoms with Crippen LogP contribution in [-0.4, -0.2) is 17.8 Å². The van der Waals surface area contributed by atoms with Crippen molar-refractivity contribution in [1.29, 1.82) is 5.26 Å². The molecule has 0 aliphatic carbocycles. The second kappa shape index (κ2) is 7.38. The van der Waals surface area contributed by atoms with Crippen LogP contribution in [0.1, 0.15) is 19.1 Å². The van der Waals surface area contributed by atoms with Crippen molar-refractivity contribution in [3.05, 3.63) is 58.2 Å². The van der Waals surface area contributed by atoms with Gasteiger partial charge in [-0.05, 0) is 12.1 Å². The molecule has 0 bridgehead atoms. The van der Waals surface area contributed by atoms with Gasteiger partial charge in [-0.3, -0.25) is 0 Å². The number of fused-ring (bicyclic) bond motifs is 1. The van der Waals surface area contributed by atoms with Crippen LogP contribution in [0.4, 0.5) is 23.4 Å². The number of nitrogens with one attached hydrogen (secondary N) is 1. The molecule has 10 heteroatoms. The van der Waals surface area contributed by atoms with E-state index in [2.05, 4.69) is 9.83 Å². The summed E-state index contributed by atoms with van der Waals surface area (Å²) in [6.07, 6.45) is -5.09. The summed E-state index contributed by atoms with van der Waals surface area (Å²) in [5.41, 5.74) is 2.82. The van der Waals surface area contributed by atoms with Gasteiger partial charge in [0.15, 0.2) is 0 Å². The molecule has 27 heavy (non-hydrogen) atoms. The van der Waals surface area contributed by atoms with Gasteiger partial charge in [-0.1, -0.05) is 7.43 Å². The lowest BCUT2D eigenvalue weighted by Crippen LogP contribution is -2.32. The third-order valence-corrected chi connectivity index (χ3v) is 3.85. The molecule has 6 nitrogen and oxygen atoms in total. The van der Waals surface area contributed by atoms with E-state index in [1.54, 1.807) is 6.07 Å². The minimum atomic E-state index is -3.22. The maximum absolute atomic E-state index is 13.3. The Balaban J connectivity index is 0.00000261. The predicted molar refractivity (Wildman–Crippen MR) is 89.3 cm³/mol. The normalized spacial score (nSPS) is 17.0. The van der Waals surface area contributed by atoms with Gasteiger partial charge in [0.25, 0.3) is 12.9 Å². The van der Waals surface area contributed by atoms with Crippen molar-refractivity contribution in [1.82, 2.24) is 10.3 Å². The van der Waals surface area contributed by atoms with E-state index in [-0.39, 0.29) is 24.6 Å². The fourth-order valence-electron chi connectivity index (χ4n) is 2.74. The zero-order valence-electron chi connectivity index (χ0n) is 12.8. The van der Waals surface area contributed by atoms with Gasteiger partial charge in [-0.25, -0.2) is 27.4 Å². The zero-order valence-corrected chi connectivity index (χ0v) is 12.8. The lowest BCUT2D eigenvalue weighted by Gasteiger charge is -2.26. The third-order valence-electron chi connectivity index (χ3n) is 3.85. The largest absolute Gasteiger partial charge is 0.461 e. The quantitative estimate of drug-likeness (QED) is 0.617. The highest BCUT2D eigenvalue weighted by Gasteiger charge is 2.39. The van der Waals surface area contributed by atoms with Crippen molar-refractivity contribution in [3.8, 4) is 6.07 Å². The van der Waals surface area contributed by atoms with Crippen LogP contribution in [0.5, 0.6) is 0 Å². The molecule has 1 aliphatic rings. The maximum Gasteiger partial charge on any atom is 0.279 e. The standard InChI is InChI=1S/C16H9F4N5O.CH4/c1-23-12-10(9-4-6-8(26-9)2-3-24-16(6)22)7(5-21)11(14(17)18)25-13(12)15(19)20;/h2-4,10,14-15,25H,(H2,22,24);1H4. The number of aromatic nitrogens is 1. The first-order valence-electron chi connectivity index (χ1n) is 7.12. The summed E-state index contributed by atoms with van der Waals surface area (Å²) < 4.78 is 58.7. The number of alkyl halides is 4. The Hall–Kier alpha value is -3.53. The Kier molecular flexibility index (Phi) is 5.41. The molecule has 1 unspecified atom stereocenters. The van der Waals surface area contributed by atoms with Crippen LogP contribution in [0.3, 0.4) is 0 Å². The molecule has 0 saturated heterocycles. The molecule has 2 aromatic rings. The van der Waals surface area contributed by atoms with Crippen LogP contribution in [0, 0.1) is 17.9 Å². The molecule has 0 saturated carbocycles. The van der Waals surface area contributed by atoms with Crippen LogP contribution in [-0.2, 0) is 0 Å². The Morgan fingerprint density at radius 1 is 1.30 bits per heavy atom. The summed E-state index contributed by atoms with van der Waals surface area (Å²) in [4.78, 5) is 6.89. The van der Waals surface area contributed by atoms with E-state index in [4.69, 9.17) is 16.7 Å². The lowest BCUT2D eigenvalue weighted by molar-refractivity contribution is 0.158. The first-order valence-corrected chi connectivity index (χ1v) is 7.12. The van der Waals surface area contributed by atoms with E-state index in [1.807, 2.05) is 5.32 Å². The van der Waals surface area contributed by atoms with E-state index in [0.717, 1.165) is 0 Å². The van der Waals surface area contributed by atoms with Crippen LogP contribution in [0.15, 0.2) is 45.4 Å². The van der Waals surface area contributed by atoms with Gasteiger partial charge in [0.2, 0.25) is 5.70 Å². The number of rotatable bonds is 3. The first kappa shape index (κ1) is 19.8. The minimum Gasteiger partial charge on any atom is -0.461 e.